The molecular formula is C18H18N6O2S. The van der Waals surface area contributed by atoms with Gasteiger partial charge in [0.1, 0.15) is 11.9 Å². The van der Waals surface area contributed by atoms with E-state index in [0.717, 1.165) is 27.6 Å². The van der Waals surface area contributed by atoms with Crippen molar-refractivity contribution in [1.29, 1.82) is 0 Å². The molecule has 6 heterocycles. The van der Waals surface area contributed by atoms with Gasteiger partial charge in [0.15, 0.2) is 0 Å². The van der Waals surface area contributed by atoms with E-state index in [0.29, 0.717) is 12.0 Å². The number of fused-ring (bicyclic) bond motifs is 3. The number of pyridine rings is 1. The highest BCUT2D eigenvalue weighted by molar-refractivity contribution is 7.18. The van der Waals surface area contributed by atoms with Crippen LogP contribution in [0.25, 0.3) is 21.0 Å². The third kappa shape index (κ3) is 3.02. The van der Waals surface area contributed by atoms with E-state index in [2.05, 4.69) is 26.4 Å². The summed E-state index contributed by atoms with van der Waals surface area (Å²) >= 11 is 1.59. The van der Waals surface area contributed by atoms with E-state index in [1.807, 2.05) is 16.8 Å². The van der Waals surface area contributed by atoms with Crippen LogP contribution in [0, 0.1) is 16.0 Å². The van der Waals surface area contributed by atoms with E-state index in [1.165, 1.54) is 38.2 Å². The number of hydrogen-bond acceptors (Lipinski definition) is 7. The molecule has 9 heteroatoms. The minimum Gasteiger partial charge on any atom is -0.358 e. The molecule has 0 radical (unpaired) electrons. The number of nitrogens with zero attached hydrogens (tertiary/aromatic N) is 6. The highest BCUT2D eigenvalue weighted by Crippen LogP contribution is 2.37. The molecule has 1 atom stereocenters. The van der Waals surface area contributed by atoms with E-state index in [9.17, 15) is 10.1 Å². The van der Waals surface area contributed by atoms with Crippen molar-refractivity contribution >= 4 is 17.2 Å². The molecule has 3 aromatic rings. The van der Waals surface area contributed by atoms with Crippen LogP contribution in [0.3, 0.4) is 0 Å². The molecule has 0 aliphatic carbocycles. The number of piperidine rings is 3. The average molecular weight is 382 g/mol. The quantitative estimate of drug-likeness (QED) is 0.508. The second kappa shape index (κ2) is 6.50. The summed E-state index contributed by atoms with van der Waals surface area (Å²) in [5, 5.41) is 19.5. The van der Waals surface area contributed by atoms with Crippen molar-refractivity contribution in [2.75, 3.05) is 19.6 Å². The third-order valence-electron chi connectivity index (χ3n) is 5.55. The molecule has 6 rings (SSSR count). The van der Waals surface area contributed by atoms with Crippen LogP contribution in [0.15, 0.2) is 36.7 Å². The Kier molecular flexibility index (Phi) is 3.98. The maximum Gasteiger partial charge on any atom is 0.363 e. The highest BCUT2D eigenvalue weighted by Gasteiger charge is 2.35. The zero-order valence-corrected chi connectivity index (χ0v) is 15.4. The van der Waals surface area contributed by atoms with Crippen LogP contribution in [-0.4, -0.2) is 49.4 Å². The molecule has 2 bridgehead atoms. The number of aromatic nitrogens is 4. The lowest BCUT2D eigenvalue weighted by Crippen LogP contribution is -2.48. The third-order valence-corrected chi connectivity index (χ3v) is 6.71. The SMILES string of the molecule is O=[N+]([O-])c1ccc(-c2ccc(-c3cn([C@H]4CN5CCC4CC5)nn3)s2)cn1. The molecule has 3 aliphatic rings. The molecule has 8 nitrogen and oxygen atoms in total. The van der Waals surface area contributed by atoms with Crippen LogP contribution < -0.4 is 0 Å². The molecule has 27 heavy (non-hydrogen) atoms. The predicted octanol–water partition coefficient (Wildman–Crippen LogP) is 3.24. The summed E-state index contributed by atoms with van der Waals surface area (Å²) in [5.41, 5.74) is 1.74. The minimum atomic E-state index is -0.490. The van der Waals surface area contributed by atoms with Gasteiger partial charge < -0.3 is 15.0 Å². The first kappa shape index (κ1) is 16.5. The van der Waals surface area contributed by atoms with Gasteiger partial charge in [-0.15, -0.1) is 16.4 Å². The van der Waals surface area contributed by atoms with Gasteiger partial charge in [0.2, 0.25) is 0 Å². The summed E-state index contributed by atoms with van der Waals surface area (Å²) in [6.07, 6.45) is 6.08. The maximum atomic E-state index is 10.7. The van der Waals surface area contributed by atoms with Gasteiger partial charge in [-0.2, -0.15) is 0 Å². The lowest BCUT2D eigenvalue weighted by atomic mass is 9.84. The molecule has 0 unspecified atom stereocenters. The zero-order valence-electron chi connectivity index (χ0n) is 14.6. The van der Waals surface area contributed by atoms with Crippen molar-refractivity contribution in [3.8, 4) is 21.0 Å². The molecular weight excluding hydrogens is 364 g/mol. The smallest absolute Gasteiger partial charge is 0.358 e. The van der Waals surface area contributed by atoms with Crippen LogP contribution in [0.5, 0.6) is 0 Å². The lowest BCUT2D eigenvalue weighted by Gasteiger charge is -2.44. The van der Waals surface area contributed by atoms with E-state index >= 15 is 0 Å². The molecule has 3 aromatic heterocycles. The van der Waals surface area contributed by atoms with Gasteiger partial charge in [-0.05, 0) is 60.0 Å². The van der Waals surface area contributed by atoms with Crippen molar-refractivity contribution in [3.63, 3.8) is 0 Å². The topological polar surface area (TPSA) is 90.0 Å². The first-order chi connectivity index (χ1) is 13.2. The Morgan fingerprint density at radius 1 is 1.15 bits per heavy atom. The standard InChI is InChI=1S/C18H18N6O2S/c25-24(26)18-4-1-13(9-19-18)16-2-3-17(27-16)14-10-23(21-20-14)15-11-22-7-5-12(15)6-8-22/h1-4,9-10,12,15H,5-8,11H2/t15-/m0/s1. The minimum absolute atomic E-state index is 0.143. The lowest BCUT2D eigenvalue weighted by molar-refractivity contribution is -0.389. The van der Waals surface area contributed by atoms with Gasteiger partial charge in [-0.3, -0.25) is 0 Å². The Morgan fingerprint density at radius 2 is 1.96 bits per heavy atom. The van der Waals surface area contributed by atoms with E-state index in [4.69, 9.17) is 0 Å². The first-order valence-corrected chi connectivity index (χ1v) is 9.84. The molecule has 0 aromatic carbocycles. The summed E-state index contributed by atoms with van der Waals surface area (Å²) in [7, 11) is 0. The van der Waals surface area contributed by atoms with Gasteiger partial charge in [-0.25, -0.2) is 4.68 Å². The second-order valence-corrected chi connectivity index (χ2v) is 8.20. The van der Waals surface area contributed by atoms with Gasteiger partial charge in [0, 0.05) is 23.1 Å². The fourth-order valence-electron chi connectivity index (χ4n) is 4.06. The van der Waals surface area contributed by atoms with Crippen LogP contribution in [0.4, 0.5) is 5.82 Å². The van der Waals surface area contributed by atoms with Gasteiger partial charge in [0.25, 0.3) is 0 Å². The van der Waals surface area contributed by atoms with Crippen molar-refractivity contribution < 1.29 is 4.92 Å². The molecule has 0 N–H and O–H groups in total. The average Bonchev–Trinajstić information content (AvgIpc) is 3.38. The Balaban J connectivity index is 1.37. The fourth-order valence-corrected chi connectivity index (χ4v) is 5.00. The van der Waals surface area contributed by atoms with Crippen molar-refractivity contribution in [2.45, 2.75) is 18.9 Å². The van der Waals surface area contributed by atoms with Crippen molar-refractivity contribution in [1.82, 2.24) is 24.9 Å². The van der Waals surface area contributed by atoms with Gasteiger partial charge in [0.05, 0.1) is 17.1 Å². The number of thiophene rings is 1. The summed E-state index contributed by atoms with van der Waals surface area (Å²) in [4.78, 5) is 18.7. The van der Waals surface area contributed by atoms with Crippen LogP contribution >= 0.6 is 11.3 Å². The second-order valence-electron chi connectivity index (χ2n) is 7.12. The summed E-state index contributed by atoms with van der Waals surface area (Å²) < 4.78 is 2.04. The number of nitro groups is 1. The Morgan fingerprint density at radius 3 is 2.63 bits per heavy atom. The predicted molar refractivity (Wildman–Crippen MR) is 101 cm³/mol. The molecule has 138 valence electrons. The Labute approximate surface area is 159 Å². The summed E-state index contributed by atoms with van der Waals surface area (Å²) in [5.74, 6) is 0.561. The largest absolute Gasteiger partial charge is 0.363 e. The Bertz CT molecular complexity index is 974. The van der Waals surface area contributed by atoms with Crippen LogP contribution in [0.1, 0.15) is 18.9 Å². The molecule has 3 saturated heterocycles. The first-order valence-electron chi connectivity index (χ1n) is 9.02. The highest BCUT2D eigenvalue weighted by atomic mass is 32.1. The number of hydrogen-bond donors (Lipinski definition) is 0. The molecule has 3 aliphatic heterocycles. The Hall–Kier alpha value is -2.65. The molecule has 0 amide bonds. The van der Waals surface area contributed by atoms with Crippen molar-refractivity contribution in [2.24, 2.45) is 5.92 Å². The van der Waals surface area contributed by atoms with Crippen LogP contribution in [0.2, 0.25) is 0 Å². The van der Waals surface area contributed by atoms with Crippen molar-refractivity contribution in [3.05, 3.63) is 46.8 Å². The molecule has 0 spiro atoms. The summed E-state index contributed by atoms with van der Waals surface area (Å²) in [6, 6.07) is 7.60. The molecule has 3 fully saturated rings. The van der Waals surface area contributed by atoms with E-state index < -0.39 is 4.92 Å². The normalized spacial score (nSPS) is 24.2. The number of rotatable bonds is 4. The van der Waals surface area contributed by atoms with E-state index in [-0.39, 0.29) is 5.82 Å². The van der Waals surface area contributed by atoms with Crippen LogP contribution in [-0.2, 0) is 0 Å². The summed E-state index contributed by atoms with van der Waals surface area (Å²) in [6.45, 7) is 3.48. The zero-order chi connectivity index (χ0) is 18.4. The van der Waals surface area contributed by atoms with Gasteiger partial charge >= 0.3 is 5.82 Å². The molecule has 0 saturated carbocycles. The monoisotopic (exact) mass is 382 g/mol. The fraction of sp³-hybridized carbons (Fsp3) is 0.389. The van der Waals surface area contributed by atoms with E-state index in [1.54, 1.807) is 17.4 Å². The maximum absolute atomic E-state index is 10.7. The van der Waals surface area contributed by atoms with Gasteiger partial charge in [-0.1, -0.05) is 5.21 Å².